The molecule has 1 aromatic carbocycles. The molecule has 6 heteroatoms. The lowest BCUT2D eigenvalue weighted by molar-refractivity contribution is -0.143. The summed E-state index contributed by atoms with van der Waals surface area (Å²) in [4.78, 5) is 12.0. The van der Waals surface area contributed by atoms with E-state index in [0.717, 1.165) is 17.3 Å². The summed E-state index contributed by atoms with van der Waals surface area (Å²) in [7, 11) is 0. The molecule has 1 aromatic heterocycles. The third-order valence-electron chi connectivity index (χ3n) is 3.10. The van der Waals surface area contributed by atoms with Gasteiger partial charge in [0.05, 0.1) is 17.4 Å². The average molecular weight is 296 g/mol. The predicted molar refractivity (Wildman–Crippen MR) is 72.4 cm³/mol. The zero-order chi connectivity index (χ0) is 15.5. The van der Waals surface area contributed by atoms with Crippen LogP contribution in [-0.4, -0.2) is 15.6 Å². The number of benzene rings is 1. The molecule has 0 bridgehead atoms. The van der Waals surface area contributed by atoms with Crippen LogP contribution in [0.25, 0.3) is 5.69 Å². The first kappa shape index (κ1) is 15.3. The fraction of sp³-hybridized carbons (Fsp3) is 0.333. The van der Waals surface area contributed by atoms with Gasteiger partial charge in [-0.3, -0.25) is 4.79 Å². The zero-order valence-electron chi connectivity index (χ0n) is 11.5. The van der Waals surface area contributed by atoms with Crippen molar-refractivity contribution in [2.75, 3.05) is 0 Å². The van der Waals surface area contributed by atoms with Crippen molar-refractivity contribution in [3.05, 3.63) is 47.8 Å². The summed E-state index contributed by atoms with van der Waals surface area (Å²) >= 11 is 0. The van der Waals surface area contributed by atoms with Gasteiger partial charge in [0, 0.05) is 6.42 Å². The molecular formula is C15H15F3N2O. The van der Waals surface area contributed by atoms with Crippen molar-refractivity contribution < 1.29 is 18.0 Å². The second-order valence-electron chi connectivity index (χ2n) is 4.68. The first-order chi connectivity index (χ1) is 9.95. The minimum absolute atomic E-state index is 0.0973. The lowest BCUT2D eigenvalue weighted by Gasteiger charge is -2.12. The van der Waals surface area contributed by atoms with Crippen molar-refractivity contribution in [3.63, 3.8) is 0 Å². The lowest BCUT2D eigenvalue weighted by atomic mass is 10.1. The quantitative estimate of drug-likeness (QED) is 0.772. The van der Waals surface area contributed by atoms with E-state index in [1.165, 1.54) is 12.1 Å². The highest BCUT2D eigenvalue weighted by atomic mass is 19.4. The summed E-state index contributed by atoms with van der Waals surface area (Å²) in [5, 5.41) is 3.76. The smallest absolute Gasteiger partial charge is 0.294 e. The van der Waals surface area contributed by atoms with Crippen LogP contribution in [0.2, 0.25) is 0 Å². The molecule has 1 heterocycles. The fourth-order valence-electron chi connectivity index (χ4n) is 2.06. The molecule has 0 aliphatic carbocycles. The molecule has 0 amide bonds. The maximum absolute atomic E-state index is 13.3. The molecule has 0 radical (unpaired) electrons. The summed E-state index contributed by atoms with van der Waals surface area (Å²) < 4.78 is 40.7. The molecule has 0 saturated heterocycles. The van der Waals surface area contributed by atoms with E-state index in [0.29, 0.717) is 6.42 Å². The van der Waals surface area contributed by atoms with Gasteiger partial charge >= 0.3 is 6.18 Å². The number of Topliss-reactive ketones (excluding diaryl/α,β-unsaturated/α-hetero) is 1. The van der Waals surface area contributed by atoms with E-state index in [1.807, 2.05) is 6.92 Å². The van der Waals surface area contributed by atoms with Gasteiger partial charge in [-0.1, -0.05) is 31.5 Å². The third kappa shape index (κ3) is 3.32. The number of aromatic nitrogens is 2. The van der Waals surface area contributed by atoms with Crippen LogP contribution < -0.4 is 0 Å². The second kappa shape index (κ2) is 6.11. The number of ketones is 1. The number of unbranched alkanes of at least 4 members (excludes halogenated alkanes) is 1. The van der Waals surface area contributed by atoms with E-state index in [-0.39, 0.29) is 17.7 Å². The molecule has 0 fully saturated rings. The lowest BCUT2D eigenvalue weighted by Crippen LogP contribution is -2.17. The van der Waals surface area contributed by atoms with Gasteiger partial charge in [0.1, 0.15) is 0 Å². The average Bonchev–Trinajstić information content (AvgIpc) is 2.90. The number of rotatable bonds is 5. The summed E-state index contributed by atoms with van der Waals surface area (Å²) in [6, 6.07) is 7.98. The molecule has 0 aliphatic heterocycles. The number of para-hydroxylation sites is 1. The Hall–Kier alpha value is -2.11. The van der Waals surface area contributed by atoms with E-state index < -0.39 is 17.7 Å². The normalized spacial score (nSPS) is 11.6. The van der Waals surface area contributed by atoms with Gasteiger partial charge in [0.2, 0.25) is 0 Å². The van der Waals surface area contributed by atoms with E-state index in [1.54, 1.807) is 18.2 Å². The summed E-state index contributed by atoms with van der Waals surface area (Å²) in [5.74, 6) is -0.522. The van der Waals surface area contributed by atoms with Crippen molar-refractivity contribution >= 4 is 5.78 Å². The maximum atomic E-state index is 13.3. The molecule has 21 heavy (non-hydrogen) atoms. The Morgan fingerprint density at radius 3 is 2.48 bits per heavy atom. The summed E-state index contributed by atoms with van der Waals surface area (Å²) in [6.07, 6.45) is -2.22. The van der Waals surface area contributed by atoms with Gasteiger partial charge in [-0.25, -0.2) is 4.68 Å². The van der Waals surface area contributed by atoms with Gasteiger partial charge in [-0.15, -0.1) is 0 Å². The number of halogens is 3. The van der Waals surface area contributed by atoms with Crippen molar-refractivity contribution in [2.45, 2.75) is 32.4 Å². The zero-order valence-corrected chi connectivity index (χ0v) is 11.5. The van der Waals surface area contributed by atoms with Gasteiger partial charge < -0.3 is 0 Å². The Bertz CT molecular complexity index is 618. The number of hydrogen-bond acceptors (Lipinski definition) is 2. The summed E-state index contributed by atoms with van der Waals surface area (Å²) in [6.45, 7) is 1.88. The Morgan fingerprint density at radius 2 is 1.90 bits per heavy atom. The highest BCUT2D eigenvalue weighted by Crippen LogP contribution is 2.34. The van der Waals surface area contributed by atoms with Crippen LogP contribution in [-0.2, 0) is 6.18 Å². The topological polar surface area (TPSA) is 34.9 Å². The van der Waals surface area contributed by atoms with Crippen molar-refractivity contribution in [1.29, 1.82) is 0 Å². The molecule has 0 atom stereocenters. The summed E-state index contributed by atoms with van der Waals surface area (Å²) in [5.41, 5.74) is -1.09. The number of carbonyl (C=O) groups is 1. The van der Waals surface area contributed by atoms with Gasteiger partial charge in [0.25, 0.3) is 0 Å². The van der Waals surface area contributed by atoms with Crippen molar-refractivity contribution in [1.82, 2.24) is 9.78 Å². The van der Waals surface area contributed by atoms with Crippen LogP contribution in [0.1, 0.15) is 42.2 Å². The molecule has 0 unspecified atom stereocenters. The number of hydrogen-bond donors (Lipinski definition) is 0. The minimum Gasteiger partial charge on any atom is -0.294 e. The fourth-order valence-corrected chi connectivity index (χ4v) is 2.06. The minimum atomic E-state index is -4.64. The van der Waals surface area contributed by atoms with Crippen LogP contribution >= 0.6 is 0 Å². The van der Waals surface area contributed by atoms with Crippen molar-refractivity contribution in [2.24, 2.45) is 0 Å². The Labute approximate surface area is 120 Å². The van der Waals surface area contributed by atoms with Crippen LogP contribution in [0.3, 0.4) is 0 Å². The molecular weight excluding hydrogens is 281 g/mol. The number of alkyl halides is 3. The monoisotopic (exact) mass is 296 g/mol. The molecule has 3 nitrogen and oxygen atoms in total. The molecule has 2 aromatic rings. The van der Waals surface area contributed by atoms with Crippen LogP contribution in [0.15, 0.2) is 36.5 Å². The molecule has 0 saturated carbocycles. The number of nitrogens with zero attached hydrogens (tertiary/aromatic N) is 2. The maximum Gasteiger partial charge on any atom is 0.434 e. The second-order valence-corrected chi connectivity index (χ2v) is 4.68. The highest BCUT2D eigenvalue weighted by molar-refractivity contribution is 5.97. The first-order valence-electron chi connectivity index (χ1n) is 6.69. The Balaban J connectivity index is 2.49. The Morgan fingerprint density at radius 1 is 1.24 bits per heavy atom. The SMILES string of the molecule is CCCCC(=O)c1cnn(-c2ccccc2)c1C(F)(F)F. The van der Waals surface area contributed by atoms with Gasteiger partial charge in [-0.05, 0) is 18.6 Å². The Kier molecular flexibility index (Phi) is 4.45. The highest BCUT2D eigenvalue weighted by Gasteiger charge is 2.40. The van der Waals surface area contributed by atoms with E-state index in [4.69, 9.17) is 0 Å². The molecule has 112 valence electrons. The van der Waals surface area contributed by atoms with Gasteiger partial charge in [-0.2, -0.15) is 18.3 Å². The molecule has 0 N–H and O–H groups in total. The van der Waals surface area contributed by atoms with Gasteiger partial charge in [0.15, 0.2) is 11.5 Å². The van der Waals surface area contributed by atoms with E-state index in [9.17, 15) is 18.0 Å². The molecule has 0 aliphatic rings. The molecule has 2 rings (SSSR count). The third-order valence-corrected chi connectivity index (χ3v) is 3.10. The number of carbonyl (C=O) groups excluding carboxylic acids is 1. The largest absolute Gasteiger partial charge is 0.434 e. The standard InChI is InChI=1S/C15H15F3N2O/c1-2-3-9-13(21)12-10-19-20(14(12)15(16,17)18)11-7-5-4-6-8-11/h4-8,10H,2-3,9H2,1H3. The van der Waals surface area contributed by atoms with Crippen LogP contribution in [0.4, 0.5) is 13.2 Å². The van der Waals surface area contributed by atoms with E-state index in [2.05, 4.69) is 5.10 Å². The van der Waals surface area contributed by atoms with Crippen LogP contribution in [0, 0.1) is 0 Å². The predicted octanol–water partition coefficient (Wildman–Crippen LogP) is 4.26. The van der Waals surface area contributed by atoms with E-state index >= 15 is 0 Å². The first-order valence-corrected chi connectivity index (χ1v) is 6.69. The van der Waals surface area contributed by atoms with Crippen LogP contribution in [0.5, 0.6) is 0 Å². The molecule has 0 spiro atoms. The van der Waals surface area contributed by atoms with Crippen molar-refractivity contribution in [3.8, 4) is 5.69 Å².